The van der Waals surface area contributed by atoms with Gasteiger partial charge in [0.15, 0.2) is 0 Å². The van der Waals surface area contributed by atoms with Crippen molar-refractivity contribution in [2.45, 2.75) is 19.5 Å². The first-order valence-corrected chi connectivity index (χ1v) is 8.68. The fourth-order valence-electron chi connectivity index (χ4n) is 2.94. The zero-order chi connectivity index (χ0) is 19.4. The van der Waals surface area contributed by atoms with Crippen molar-refractivity contribution in [3.8, 4) is 0 Å². The third-order valence-electron chi connectivity index (χ3n) is 4.42. The van der Waals surface area contributed by atoms with Gasteiger partial charge in [0.25, 0.3) is 5.91 Å². The highest BCUT2D eigenvalue weighted by Crippen LogP contribution is 2.30. The minimum Gasteiger partial charge on any atom is -0.350 e. The Bertz CT molecular complexity index is 858. The average Bonchev–Trinajstić information content (AvgIpc) is 2.92. The van der Waals surface area contributed by atoms with Gasteiger partial charge in [0, 0.05) is 23.4 Å². The van der Waals surface area contributed by atoms with Crippen LogP contribution < -0.4 is 10.6 Å². The number of hydrogen-bond acceptors (Lipinski definition) is 3. The van der Waals surface area contributed by atoms with Crippen molar-refractivity contribution < 1.29 is 14.4 Å². The zero-order valence-electron chi connectivity index (χ0n) is 15.1. The minimum atomic E-state index is -0.713. The third-order valence-corrected chi connectivity index (χ3v) is 4.42. The second-order valence-corrected chi connectivity index (χ2v) is 6.38. The van der Waals surface area contributed by atoms with Gasteiger partial charge in [0.1, 0.15) is 12.6 Å². The van der Waals surface area contributed by atoms with Gasteiger partial charge in [0.2, 0.25) is 11.8 Å². The monoisotopic (exact) mass is 363 g/mol. The van der Waals surface area contributed by atoms with Crippen molar-refractivity contribution in [1.82, 2.24) is 15.5 Å². The van der Waals surface area contributed by atoms with Crippen LogP contribution in [0, 0.1) is 0 Å². The maximum absolute atomic E-state index is 12.4. The van der Waals surface area contributed by atoms with E-state index in [1.165, 1.54) is 4.90 Å². The van der Waals surface area contributed by atoms with Gasteiger partial charge in [-0.3, -0.25) is 19.3 Å². The highest BCUT2D eigenvalue weighted by Gasteiger charge is 2.32. The number of carbonyl (C=O) groups is 3. The Hall–Kier alpha value is -3.41. The van der Waals surface area contributed by atoms with Gasteiger partial charge in [-0.2, -0.15) is 0 Å². The quantitative estimate of drug-likeness (QED) is 0.823. The van der Waals surface area contributed by atoms with Crippen LogP contribution in [0.2, 0.25) is 0 Å². The molecular weight excluding hydrogens is 342 g/mol. The largest absolute Gasteiger partial charge is 0.350 e. The summed E-state index contributed by atoms with van der Waals surface area (Å²) in [6, 6.07) is 15.9. The molecule has 1 aliphatic heterocycles. The summed E-state index contributed by atoms with van der Waals surface area (Å²) in [5.41, 5.74) is 2.72. The molecule has 2 aromatic carbocycles. The molecule has 2 aromatic rings. The fourth-order valence-corrected chi connectivity index (χ4v) is 2.94. The third kappa shape index (κ3) is 4.06. The van der Waals surface area contributed by atoms with Gasteiger partial charge in [-0.05, 0) is 18.6 Å². The molecule has 138 valence electrons. The SMILES string of the molecule is C=C1c2ccccc2C(=O)N1CC(=O)NC(C)C(=O)NCc1ccccc1. The van der Waals surface area contributed by atoms with Crippen LogP contribution in [0.3, 0.4) is 0 Å². The summed E-state index contributed by atoms with van der Waals surface area (Å²) in [7, 11) is 0. The van der Waals surface area contributed by atoms with E-state index >= 15 is 0 Å². The molecule has 0 spiro atoms. The summed E-state index contributed by atoms with van der Waals surface area (Å²) < 4.78 is 0. The van der Waals surface area contributed by atoms with Crippen LogP contribution in [0.1, 0.15) is 28.4 Å². The Morgan fingerprint density at radius 3 is 2.33 bits per heavy atom. The van der Waals surface area contributed by atoms with Crippen molar-refractivity contribution in [2.24, 2.45) is 0 Å². The predicted molar refractivity (Wildman–Crippen MR) is 102 cm³/mol. The molecule has 1 atom stereocenters. The lowest BCUT2D eigenvalue weighted by Gasteiger charge is -2.19. The molecule has 0 bridgehead atoms. The second kappa shape index (κ2) is 7.86. The van der Waals surface area contributed by atoms with E-state index in [1.54, 1.807) is 25.1 Å². The lowest BCUT2D eigenvalue weighted by molar-refractivity contribution is -0.128. The Morgan fingerprint density at radius 2 is 1.67 bits per heavy atom. The maximum atomic E-state index is 12.4. The lowest BCUT2D eigenvalue weighted by atomic mass is 10.1. The summed E-state index contributed by atoms with van der Waals surface area (Å²) in [6.45, 7) is 5.72. The Balaban J connectivity index is 1.52. The maximum Gasteiger partial charge on any atom is 0.259 e. The van der Waals surface area contributed by atoms with Crippen LogP contribution in [0.15, 0.2) is 61.2 Å². The first-order chi connectivity index (χ1) is 13.0. The Morgan fingerprint density at radius 1 is 1.04 bits per heavy atom. The molecule has 0 aromatic heterocycles. The summed E-state index contributed by atoms with van der Waals surface area (Å²) in [5, 5.41) is 5.40. The molecule has 0 aliphatic carbocycles. The van der Waals surface area contributed by atoms with Gasteiger partial charge in [-0.25, -0.2) is 0 Å². The number of hydrogen-bond donors (Lipinski definition) is 2. The van der Waals surface area contributed by atoms with Crippen molar-refractivity contribution in [1.29, 1.82) is 0 Å². The molecule has 1 heterocycles. The van der Waals surface area contributed by atoms with Crippen molar-refractivity contribution in [3.63, 3.8) is 0 Å². The number of carbonyl (C=O) groups excluding carboxylic acids is 3. The summed E-state index contributed by atoms with van der Waals surface area (Å²) in [4.78, 5) is 38.2. The van der Waals surface area contributed by atoms with Crippen LogP contribution in [-0.2, 0) is 16.1 Å². The van der Waals surface area contributed by atoms with Gasteiger partial charge in [0.05, 0.1) is 0 Å². The van der Waals surface area contributed by atoms with Gasteiger partial charge >= 0.3 is 0 Å². The molecule has 27 heavy (non-hydrogen) atoms. The second-order valence-electron chi connectivity index (χ2n) is 6.38. The van der Waals surface area contributed by atoms with Crippen molar-refractivity contribution in [2.75, 3.05) is 6.54 Å². The number of benzene rings is 2. The molecule has 1 aliphatic rings. The fraction of sp³-hybridized carbons (Fsp3) is 0.190. The molecular formula is C21H21N3O3. The van der Waals surface area contributed by atoms with E-state index in [0.717, 1.165) is 11.1 Å². The number of nitrogens with one attached hydrogen (secondary N) is 2. The van der Waals surface area contributed by atoms with Crippen LogP contribution in [0.5, 0.6) is 0 Å². The number of fused-ring (bicyclic) bond motifs is 1. The molecule has 3 amide bonds. The molecule has 0 saturated heterocycles. The van der Waals surface area contributed by atoms with E-state index in [9.17, 15) is 14.4 Å². The molecule has 2 N–H and O–H groups in total. The van der Waals surface area contributed by atoms with Crippen molar-refractivity contribution >= 4 is 23.4 Å². The number of nitrogens with zero attached hydrogens (tertiary/aromatic N) is 1. The number of rotatable bonds is 6. The standard InChI is InChI=1S/C21H21N3O3/c1-14(20(26)22-12-16-8-4-3-5-9-16)23-19(25)13-24-15(2)17-10-6-7-11-18(17)21(24)27/h3-11,14H,2,12-13H2,1H3,(H,22,26)(H,23,25). The highest BCUT2D eigenvalue weighted by atomic mass is 16.2. The van der Waals surface area contributed by atoms with Gasteiger partial charge < -0.3 is 10.6 Å². The normalized spacial score (nSPS) is 13.9. The molecule has 0 fully saturated rings. The topological polar surface area (TPSA) is 78.5 Å². The van der Waals surface area contributed by atoms with E-state index in [0.29, 0.717) is 17.8 Å². The summed E-state index contributed by atoms with van der Waals surface area (Å²) in [6.07, 6.45) is 0. The molecule has 6 heteroatoms. The average molecular weight is 363 g/mol. The first-order valence-electron chi connectivity index (χ1n) is 8.68. The first kappa shape index (κ1) is 18.4. The molecule has 1 unspecified atom stereocenters. The lowest BCUT2D eigenvalue weighted by Crippen LogP contribution is -2.47. The molecule has 0 radical (unpaired) electrons. The molecule has 0 saturated carbocycles. The van der Waals surface area contributed by atoms with E-state index < -0.39 is 11.9 Å². The smallest absolute Gasteiger partial charge is 0.259 e. The van der Waals surface area contributed by atoms with E-state index in [-0.39, 0.29) is 18.4 Å². The summed E-state index contributed by atoms with van der Waals surface area (Å²) >= 11 is 0. The van der Waals surface area contributed by atoms with Gasteiger partial charge in [-0.15, -0.1) is 0 Å². The summed E-state index contributed by atoms with van der Waals surface area (Å²) in [5.74, 6) is -0.964. The Kier molecular flexibility index (Phi) is 5.35. The predicted octanol–water partition coefficient (Wildman–Crippen LogP) is 1.93. The number of amides is 3. The molecule has 3 rings (SSSR count). The van der Waals surface area contributed by atoms with Crippen LogP contribution >= 0.6 is 0 Å². The highest BCUT2D eigenvalue weighted by molar-refractivity contribution is 6.10. The van der Waals surface area contributed by atoms with Crippen LogP contribution in [-0.4, -0.2) is 35.2 Å². The van der Waals surface area contributed by atoms with Crippen LogP contribution in [0.4, 0.5) is 0 Å². The van der Waals surface area contributed by atoms with E-state index in [1.807, 2.05) is 36.4 Å². The van der Waals surface area contributed by atoms with Gasteiger partial charge in [-0.1, -0.05) is 55.1 Å². The molecule has 6 nitrogen and oxygen atoms in total. The zero-order valence-corrected chi connectivity index (χ0v) is 15.1. The van der Waals surface area contributed by atoms with Crippen molar-refractivity contribution in [3.05, 3.63) is 77.9 Å². The van der Waals surface area contributed by atoms with E-state index in [2.05, 4.69) is 17.2 Å². The van der Waals surface area contributed by atoms with E-state index in [4.69, 9.17) is 0 Å². The van der Waals surface area contributed by atoms with Crippen LogP contribution in [0.25, 0.3) is 5.70 Å². The minimum absolute atomic E-state index is 0.178. The Labute approximate surface area is 157 Å².